The van der Waals surface area contributed by atoms with E-state index in [-0.39, 0.29) is 24.4 Å². The Morgan fingerprint density at radius 3 is 2.50 bits per heavy atom. The topological polar surface area (TPSA) is 69.7 Å². The van der Waals surface area contributed by atoms with Crippen LogP contribution in [0.2, 0.25) is 0 Å². The Balaban J connectivity index is 1.93. The van der Waals surface area contributed by atoms with Gasteiger partial charge in [-0.25, -0.2) is 4.79 Å². The lowest BCUT2D eigenvalue weighted by Gasteiger charge is -2.32. The second-order valence-electron chi connectivity index (χ2n) is 6.85. The smallest absolute Gasteiger partial charge is 0.325 e. The van der Waals surface area contributed by atoms with Crippen molar-refractivity contribution in [3.63, 3.8) is 0 Å². The van der Waals surface area contributed by atoms with Crippen LogP contribution in [0.1, 0.15) is 52.4 Å². The van der Waals surface area contributed by atoms with Crippen molar-refractivity contribution >= 4 is 17.8 Å². The number of carbonyl (C=O) groups is 3. The Kier molecular flexibility index (Phi) is 5.42. The predicted octanol–water partition coefficient (Wildman–Crippen LogP) is 1.74. The molecular weight excluding hydrogens is 282 g/mol. The Morgan fingerprint density at radius 2 is 1.91 bits per heavy atom. The van der Waals surface area contributed by atoms with Gasteiger partial charge in [0.25, 0.3) is 5.91 Å². The van der Waals surface area contributed by atoms with E-state index in [1.807, 2.05) is 13.8 Å². The molecule has 1 aliphatic heterocycles. The number of hydrogen-bond donors (Lipinski definition) is 1. The lowest BCUT2D eigenvalue weighted by molar-refractivity contribution is -0.138. The molecule has 6 nitrogen and oxygen atoms in total. The molecule has 0 spiro atoms. The fraction of sp³-hybridized carbons (Fsp3) is 0.812. The van der Waals surface area contributed by atoms with Crippen LogP contribution >= 0.6 is 0 Å². The fourth-order valence-electron chi connectivity index (χ4n) is 3.28. The second kappa shape index (κ2) is 7.11. The largest absolute Gasteiger partial charge is 0.341 e. The molecule has 0 radical (unpaired) electrons. The molecule has 0 aromatic heterocycles. The first kappa shape index (κ1) is 16.8. The lowest BCUT2D eigenvalue weighted by atomic mass is 9.94. The normalized spacial score (nSPS) is 23.1. The molecule has 1 heterocycles. The molecule has 1 N–H and O–H groups in total. The highest BCUT2D eigenvalue weighted by molar-refractivity contribution is 6.06. The summed E-state index contributed by atoms with van der Waals surface area (Å²) in [7, 11) is 1.78. The summed E-state index contributed by atoms with van der Waals surface area (Å²) in [4.78, 5) is 39.3. The summed E-state index contributed by atoms with van der Waals surface area (Å²) >= 11 is 0. The molecule has 2 rings (SSSR count). The quantitative estimate of drug-likeness (QED) is 0.787. The number of carbonyl (C=O) groups excluding carboxylic acids is 3. The number of nitrogens with zero attached hydrogens (tertiary/aromatic N) is 2. The van der Waals surface area contributed by atoms with Crippen LogP contribution in [-0.4, -0.2) is 53.3 Å². The van der Waals surface area contributed by atoms with Gasteiger partial charge < -0.3 is 10.2 Å². The Bertz CT molecular complexity index is 444. The van der Waals surface area contributed by atoms with Crippen molar-refractivity contribution in [3.8, 4) is 0 Å². The van der Waals surface area contributed by atoms with E-state index in [1.54, 1.807) is 11.9 Å². The molecule has 6 heteroatoms. The minimum absolute atomic E-state index is 0.147. The second-order valence-corrected chi connectivity index (χ2v) is 6.85. The number of amides is 4. The van der Waals surface area contributed by atoms with E-state index in [1.165, 1.54) is 6.42 Å². The third-order valence-electron chi connectivity index (χ3n) is 4.62. The van der Waals surface area contributed by atoms with E-state index in [0.717, 1.165) is 30.6 Å². The zero-order chi connectivity index (χ0) is 16.3. The zero-order valence-electron chi connectivity index (χ0n) is 13.8. The molecule has 4 amide bonds. The Labute approximate surface area is 132 Å². The zero-order valence-corrected chi connectivity index (χ0v) is 13.8. The first-order valence-corrected chi connectivity index (χ1v) is 8.27. The van der Waals surface area contributed by atoms with Crippen molar-refractivity contribution in [3.05, 3.63) is 0 Å². The Hall–Kier alpha value is -1.59. The average molecular weight is 309 g/mol. The minimum Gasteiger partial charge on any atom is -0.341 e. The SMILES string of the molecule is CC(C)C[C@@H]1NC(=O)N(CC(=O)N(C)C2CCCCC2)C1=O. The summed E-state index contributed by atoms with van der Waals surface area (Å²) in [6.45, 7) is 3.86. The van der Waals surface area contributed by atoms with Gasteiger partial charge in [-0.2, -0.15) is 0 Å². The maximum absolute atomic E-state index is 12.4. The van der Waals surface area contributed by atoms with Crippen LogP contribution in [0, 0.1) is 5.92 Å². The van der Waals surface area contributed by atoms with Crippen LogP contribution in [0.5, 0.6) is 0 Å². The van der Waals surface area contributed by atoms with Gasteiger partial charge in [0.15, 0.2) is 0 Å². The van der Waals surface area contributed by atoms with Crippen molar-refractivity contribution in [1.82, 2.24) is 15.1 Å². The number of hydrogen-bond acceptors (Lipinski definition) is 3. The van der Waals surface area contributed by atoms with E-state index in [4.69, 9.17) is 0 Å². The van der Waals surface area contributed by atoms with Gasteiger partial charge in [0, 0.05) is 13.1 Å². The van der Waals surface area contributed by atoms with Crippen molar-refractivity contribution < 1.29 is 14.4 Å². The molecule has 0 bridgehead atoms. The fourth-order valence-corrected chi connectivity index (χ4v) is 3.28. The first-order valence-electron chi connectivity index (χ1n) is 8.27. The monoisotopic (exact) mass is 309 g/mol. The highest BCUT2D eigenvalue weighted by Gasteiger charge is 2.39. The maximum atomic E-state index is 12.4. The van der Waals surface area contributed by atoms with Gasteiger partial charge in [-0.3, -0.25) is 14.5 Å². The third kappa shape index (κ3) is 3.78. The summed E-state index contributed by atoms with van der Waals surface area (Å²) in [6.07, 6.45) is 6.14. The van der Waals surface area contributed by atoms with Crippen LogP contribution in [0.4, 0.5) is 4.79 Å². The van der Waals surface area contributed by atoms with E-state index in [2.05, 4.69) is 5.32 Å². The molecule has 1 saturated heterocycles. The van der Waals surface area contributed by atoms with E-state index in [0.29, 0.717) is 12.3 Å². The molecule has 2 aliphatic rings. The first-order chi connectivity index (χ1) is 10.4. The third-order valence-corrected chi connectivity index (χ3v) is 4.62. The van der Waals surface area contributed by atoms with Crippen LogP contribution in [0.25, 0.3) is 0 Å². The number of imide groups is 1. The molecule has 1 saturated carbocycles. The van der Waals surface area contributed by atoms with Crippen molar-refractivity contribution in [1.29, 1.82) is 0 Å². The van der Waals surface area contributed by atoms with Gasteiger partial charge in [-0.1, -0.05) is 33.1 Å². The van der Waals surface area contributed by atoms with Gasteiger partial charge in [0.2, 0.25) is 5.91 Å². The van der Waals surface area contributed by atoms with Crippen LogP contribution < -0.4 is 5.32 Å². The standard InChI is InChI=1S/C16H27N3O3/c1-11(2)9-13-15(21)19(16(22)17-13)10-14(20)18(3)12-7-5-4-6-8-12/h11-13H,4-10H2,1-3H3,(H,17,22)/t13-/m0/s1. The summed E-state index contributed by atoms with van der Waals surface area (Å²) in [5, 5.41) is 2.68. The summed E-state index contributed by atoms with van der Waals surface area (Å²) in [5.74, 6) is -0.112. The maximum Gasteiger partial charge on any atom is 0.325 e. The van der Waals surface area contributed by atoms with Gasteiger partial charge in [-0.15, -0.1) is 0 Å². The molecule has 1 atom stereocenters. The number of rotatable bonds is 5. The van der Waals surface area contributed by atoms with E-state index in [9.17, 15) is 14.4 Å². The molecule has 2 fully saturated rings. The highest BCUT2D eigenvalue weighted by Crippen LogP contribution is 2.22. The van der Waals surface area contributed by atoms with Crippen molar-refractivity contribution in [2.45, 2.75) is 64.5 Å². The van der Waals surface area contributed by atoms with Crippen LogP contribution in [0.3, 0.4) is 0 Å². The molecule has 1 aliphatic carbocycles. The summed E-state index contributed by atoms with van der Waals surface area (Å²) in [6, 6.07) is -0.685. The Morgan fingerprint density at radius 1 is 1.27 bits per heavy atom. The molecule has 22 heavy (non-hydrogen) atoms. The van der Waals surface area contributed by atoms with Crippen molar-refractivity contribution in [2.24, 2.45) is 5.92 Å². The van der Waals surface area contributed by atoms with Gasteiger partial charge in [0.1, 0.15) is 12.6 Å². The van der Waals surface area contributed by atoms with E-state index >= 15 is 0 Å². The molecule has 0 aromatic carbocycles. The molecular formula is C16H27N3O3. The van der Waals surface area contributed by atoms with Gasteiger partial charge in [0.05, 0.1) is 0 Å². The predicted molar refractivity (Wildman–Crippen MR) is 83.1 cm³/mol. The molecule has 0 unspecified atom stereocenters. The lowest BCUT2D eigenvalue weighted by Crippen LogP contribution is -2.46. The molecule has 124 valence electrons. The minimum atomic E-state index is -0.486. The highest BCUT2D eigenvalue weighted by atomic mass is 16.2. The molecule has 0 aromatic rings. The number of likely N-dealkylation sites (N-methyl/N-ethyl adjacent to an activating group) is 1. The van der Waals surface area contributed by atoms with Gasteiger partial charge in [-0.05, 0) is 25.2 Å². The summed E-state index contributed by atoms with van der Waals surface area (Å²) in [5.41, 5.74) is 0. The number of urea groups is 1. The van der Waals surface area contributed by atoms with Crippen LogP contribution in [-0.2, 0) is 9.59 Å². The van der Waals surface area contributed by atoms with Gasteiger partial charge >= 0.3 is 6.03 Å². The van der Waals surface area contributed by atoms with Crippen LogP contribution in [0.15, 0.2) is 0 Å². The van der Waals surface area contributed by atoms with Crippen molar-refractivity contribution in [2.75, 3.05) is 13.6 Å². The average Bonchev–Trinajstić information content (AvgIpc) is 2.74. The summed E-state index contributed by atoms with van der Waals surface area (Å²) < 4.78 is 0. The number of nitrogens with one attached hydrogen (secondary N) is 1. The van der Waals surface area contributed by atoms with E-state index < -0.39 is 12.1 Å².